The van der Waals surface area contributed by atoms with Gasteiger partial charge >= 0.3 is 0 Å². The maximum Gasteiger partial charge on any atom is 0.251 e. The van der Waals surface area contributed by atoms with Crippen molar-refractivity contribution in [1.29, 1.82) is 0 Å². The van der Waals surface area contributed by atoms with E-state index in [9.17, 15) is 4.79 Å². The molecule has 1 aromatic carbocycles. The Morgan fingerprint density at radius 3 is 2.76 bits per heavy atom. The van der Waals surface area contributed by atoms with E-state index < -0.39 is 0 Å². The Morgan fingerprint density at radius 1 is 1.38 bits per heavy atom. The van der Waals surface area contributed by atoms with Gasteiger partial charge in [0, 0.05) is 32.2 Å². The van der Waals surface area contributed by atoms with Crippen molar-refractivity contribution in [2.24, 2.45) is 0 Å². The molecule has 1 amide bonds. The van der Waals surface area contributed by atoms with Gasteiger partial charge < -0.3 is 20.9 Å². The lowest BCUT2D eigenvalue weighted by Gasteiger charge is -2.24. The van der Waals surface area contributed by atoms with Gasteiger partial charge in [0.1, 0.15) is 0 Å². The fourth-order valence-corrected chi connectivity index (χ4v) is 2.70. The summed E-state index contributed by atoms with van der Waals surface area (Å²) < 4.78 is 0. The minimum atomic E-state index is -0.0494. The number of carbonyl (C=O) groups is 1. The van der Waals surface area contributed by atoms with E-state index in [1.54, 1.807) is 6.07 Å². The zero-order valence-corrected chi connectivity index (χ0v) is 13.1. The van der Waals surface area contributed by atoms with Gasteiger partial charge in [-0.3, -0.25) is 4.79 Å². The maximum absolute atomic E-state index is 11.9. The van der Waals surface area contributed by atoms with E-state index in [-0.39, 0.29) is 5.91 Å². The van der Waals surface area contributed by atoms with Crippen LogP contribution in [0.2, 0.25) is 0 Å². The lowest BCUT2D eigenvalue weighted by molar-refractivity contribution is 0.0956. The van der Waals surface area contributed by atoms with Crippen LogP contribution in [0.3, 0.4) is 0 Å². The third kappa shape index (κ3) is 4.11. The number of hydrogen-bond donors (Lipinski definition) is 2. The molecule has 1 fully saturated rings. The quantitative estimate of drug-likeness (QED) is 0.780. The zero-order valence-electron chi connectivity index (χ0n) is 13.1. The van der Waals surface area contributed by atoms with Crippen molar-refractivity contribution < 1.29 is 4.79 Å². The number of carbonyl (C=O) groups excluding carboxylic acids is 1. The molecule has 116 valence electrons. The van der Waals surface area contributed by atoms with Crippen LogP contribution in [-0.2, 0) is 0 Å². The highest BCUT2D eigenvalue weighted by atomic mass is 16.1. The number of anilines is 2. The first kappa shape index (κ1) is 15.6. The number of rotatable bonds is 6. The molecular weight excluding hydrogens is 264 g/mol. The SMILES string of the molecule is CCNC(=O)c1ccc(N)c(N(C)CCN2CCCC2)c1. The second-order valence-electron chi connectivity index (χ2n) is 5.60. The minimum absolute atomic E-state index is 0.0494. The van der Waals surface area contributed by atoms with Crippen LogP contribution >= 0.6 is 0 Å². The van der Waals surface area contributed by atoms with Crippen LogP contribution in [0.25, 0.3) is 0 Å². The van der Waals surface area contributed by atoms with E-state index in [0.717, 1.165) is 18.8 Å². The Kier molecular flexibility index (Phi) is 5.44. The number of nitrogen functional groups attached to an aromatic ring is 1. The first-order chi connectivity index (χ1) is 10.1. The third-order valence-corrected chi connectivity index (χ3v) is 3.99. The summed E-state index contributed by atoms with van der Waals surface area (Å²) in [7, 11) is 2.03. The first-order valence-corrected chi connectivity index (χ1v) is 7.73. The van der Waals surface area contributed by atoms with Crippen LogP contribution in [-0.4, -0.2) is 50.6 Å². The molecule has 5 nitrogen and oxygen atoms in total. The summed E-state index contributed by atoms with van der Waals surface area (Å²) in [4.78, 5) is 16.5. The third-order valence-electron chi connectivity index (χ3n) is 3.99. The highest BCUT2D eigenvalue weighted by Gasteiger charge is 2.14. The van der Waals surface area contributed by atoms with Crippen molar-refractivity contribution in [3.05, 3.63) is 23.8 Å². The number of hydrogen-bond acceptors (Lipinski definition) is 4. The fourth-order valence-electron chi connectivity index (χ4n) is 2.70. The van der Waals surface area contributed by atoms with Gasteiger partial charge in [0.05, 0.1) is 11.4 Å². The highest BCUT2D eigenvalue weighted by molar-refractivity contribution is 5.96. The first-order valence-electron chi connectivity index (χ1n) is 7.73. The highest BCUT2D eigenvalue weighted by Crippen LogP contribution is 2.23. The van der Waals surface area contributed by atoms with Crippen molar-refractivity contribution >= 4 is 17.3 Å². The molecular formula is C16H26N4O. The van der Waals surface area contributed by atoms with Crippen molar-refractivity contribution in [3.8, 4) is 0 Å². The Balaban J connectivity index is 2.02. The van der Waals surface area contributed by atoms with E-state index in [1.165, 1.54) is 25.9 Å². The van der Waals surface area contributed by atoms with Gasteiger partial charge in [-0.2, -0.15) is 0 Å². The van der Waals surface area contributed by atoms with Crippen molar-refractivity contribution in [1.82, 2.24) is 10.2 Å². The molecule has 0 unspecified atom stereocenters. The molecule has 1 aromatic rings. The van der Waals surface area contributed by atoms with Gasteiger partial charge in [0.15, 0.2) is 0 Å². The second kappa shape index (κ2) is 7.31. The average molecular weight is 290 g/mol. The zero-order chi connectivity index (χ0) is 15.2. The van der Waals surface area contributed by atoms with Crippen molar-refractivity contribution in [2.45, 2.75) is 19.8 Å². The predicted octanol–water partition coefficient (Wildman–Crippen LogP) is 1.55. The number of nitrogens with zero attached hydrogens (tertiary/aromatic N) is 2. The summed E-state index contributed by atoms with van der Waals surface area (Å²) in [6.45, 7) is 6.90. The van der Waals surface area contributed by atoms with Crippen molar-refractivity contribution in [2.75, 3.05) is 50.4 Å². The van der Waals surface area contributed by atoms with Crippen LogP contribution in [0.1, 0.15) is 30.1 Å². The number of likely N-dealkylation sites (tertiary alicyclic amines) is 1. The molecule has 2 rings (SSSR count). The Bertz CT molecular complexity index is 483. The molecule has 0 atom stereocenters. The fraction of sp³-hybridized carbons (Fsp3) is 0.562. The molecule has 5 heteroatoms. The summed E-state index contributed by atoms with van der Waals surface area (Å²) >= 11 is 0. The van der Waals surface area contributed by atoms with E-state index >= 15 is 0 Å². The van der Waals surface area contributed by atoms with Gasteiger partial charge in [0.25, 0.3) is 5.91 Å². The van der Waals surface area contributed by atoms with Gasteiger partial charge in [0.2, 0.25) is 0 Å². The summed E-state index contributed by atoms with van der Waals surface area (Å²) in [6.07, 6.45) is 2.61. The number of nitrogens with one attached hydrogen (secondary N) is 1. The normalized spacial score (nSPS) is 15.1. The molecule has 1 aliphatic rings. The van der Waals surface area contributed by atoms with E-state index in [4.69, 9.17) is 5.73 Å². The Hall–Kier alpha value is -1.75. The molecule has 0 bridgehead atoms. The number of likely N-dealkylation sites (N-methyl/N-ethyl adjacent to an activating group) is 1. The van der Waals surface area contributed by atoms with Gasteiger partial charge in [-0.25, -0.2) is 0 Å². The minimum Gasteiger partial charge on any atom is -0.397 e. The largest absolute Gasteiger partial charge is 0.397 e. The summed E-state index contributed by atoms with van der Waals surface area (Å²) in [5, 5.41) is 2.82. The summed E-state index contributed by atoms with van der Waals surface area (Å²) in [5.74, 6) is -0.0494. The van der Waals surface area contributed by atoms with Gasteiger partial charge in [-0.15, -0.1) is 0 Å². The predicted molar refractivity (Wildman–Crippen MR) is 87.8 cm³/mol. The van der Waals surface area contributed by atoms with E-state index in [2.05, 4.69) is 15.1 Å². The summed E-state index contributed by atoms with van der Waals surface area (Å²) in [5.41, 5.74) is 8.37. The maximum atomic E-state index is 11.9. The molecule has 0 saturated carbocycles. The van der Waals surface area contributed by atoms with E-state index in [1.807, 2.05) is 26.1 Å². The number of nitrogens with two attached hydrogens (primary N) is 1. The molecule has 1 heterocycles. The molecule has 0 aliphatic carbocycles. The molecule has 0 aromatic heterocycles. The van der Waals surface area contributed by atoms with Crippen LogP contribution in [0.4, 0.5) is 11.4 Å². The number of amides is 1. The van der Waals surface area contributed by atoms with Crippen LogP contribution in [0, 0.1) is 0 Å². The molecule has 3 N–H and O–H groups in total. The lowest BCUT2D eigenvalue weighted by atomic mass is 10.1. The average Bonchev–Trinajstić information content (AvgIpc) is 2.98. The van der Waals surface area contributed by atoms with Crippen LogP contribution in [0.5, 0.6) is 0 Å². The lowest BCUT2D eigenvalue weighted by Crippen LogP contribution is -2.32. The summed E-state index contributed by atoms with van der Waals surface area (Å²) in [6, 6.07) is 5.47. The van der Waals surface area contributed by atoms with E-state index in [0.29, 0.717) is 17.8 Å². The van der Waals surface area contributed by atoms with Gasteiger partial charge in [-0.1, -0.05) is 0 Å². The molecule has 0 spiro atoms. The second-order valence-corrected chi connectivity index (χ2v) is 5.60. The number of benzene rings is 1. The van der Waals surface area contributed by atoms with Crippen molar-refractivity contribution in [3.63, 3.8) is 0 Å². The smallest absolute Gasteiger partial charge is 0.251 e. The molecule has 0 radical (unpaired) electrons. The molecule has 1 aliphatic heterocycles. The Labute approximate surface area is 127 Å². The van der Waals surface area contributed by atoms with Crippen LogP contribution in [0.15, 0.2) is 18.2 Å². The molecule has 21 heavy (non-hydrogen) atoms. The molecule has 1 saturated heterocycles. The topological polar surface area (TPSA) is 61.6 Å². The Morgan fingerprint density at radius 2 is 2.10 bits per heavy atom. The van der Waals surface area contributed by atoms with Crippen LogP contribution < -0.4 is 16.0 Å². The van der Waals surface area contributed by atoms with Gasteiger partial charge in [-0.05, 0) is 51.1 Å². The monoisotopic (exact) mass is 290 g/mol. The standard InChI is InChI=1S/C16H26N4O/c1-3-18-16(21)13-6-7-14(17)15(12-13)19(2)10-11-20-8-4-5-9-20/h6-7,12H,3-5,8-11,17H2,1-2H3,(H,18,21).